The molecule has 6 heteroatoms. The van der Waals surface area contributed by atoms with E-state index in [0.29, 0.717) is 23.0 Å². The lowest BCUT2D eigenvalue weighted by Crippen LogP contribution is -2.43. The van der Waals surface area contributed by atoms with Gasteiger partial charge in [0, 0.05) is 5.92 Å². The Hall–Kier alpha value is -1.04. The van der Waals surface area contributed by atoms with Crippen LogP contribution in [0.4, 0.5) is 0 Å². The highest BCUT2D eigenvalue weighted by Gasteiger charge is 2.50. The number of nitrogens with zero attached hydrogens (tertiary/aromatic N) is 2. The third-order valence-corrected chi connectivity index (χ3v) is 6.06. The predicted molar refractivity (Wildman–Crippen MR) is 72.4 cm³/mol. The number of aliphatic carboxylic acids is 1. The van der Waals surface area contributed by atoms with Crippen LogP contribution < -0.4 is 0 Å². The van der Waals surface area contributed by atoms with E-state index in [9.17, 15) is 4.79 Å². The number of hydrogen-bond donors (Lipinski definition) is 1. The fourth-order valence-corrected chi connectivity index (χ4v) is 5.36. The molecule has 0 saturated heterocycles. The Morgan fingerprint density at radius 1 is 1.15 bits per heavy atom. The van der Waals surface area contributed by atoms with Crippen LogP contribution >= 0.6 is 11.8 Å². The van der Waals surface area contributed by atoms with Gasteiger partial charge in [-0.3, -0.25) is 4.79 Å². The number of thioether (sulfide) groups is 1. The van der Waals surface area contributed by atoms with Crippen LogP contribution in [0.3, 0.4) is 0 Å². The van der Waals surface area contributed by atoms with Crippen molar-refractivity contribution < 1.29 is 14.3 Å². The molecule has 0 spiro atoms. The molecular weight excluding hydrogens is 276 g/mol. The van der Waals surface area contributed by atoms with Crippen LogP contribution in [0, 0.1) is 23.7 Å². The van der Waals surface area contributed by atoms with Gasteiger partial charge in [-0.2, -0.15) is 0 Å². The topological polar surface area (TPSA) is 76.2 Å². The van der Waals surface area contributed by atoms with Gasteiger partial charge in [0.05, 0.1) is 0 Å². The van der Waals surface area contributed by atoms with Crippen molar-refractivity contribution in [1.82, 2.24) is 10.2 Å². The predicted octanol–water partition coefficient (Wildman–Crippen LogP) is 2.79. The Morgan fingerprint density at radius 3 is 2.40 bits per heavy atom. The van der Waals surface area contributed by atoms with Crippen LogP contribution in [0.1, 0.15) is 43.9 Å². The fourth-order valence-electron chi connectivity index (χ4n) is 4.87. The van der Waals surface area contributed by atoms with E-state index in [4.69, 9.17) is 9.52 Å². The average molecular weight is 294 g/mol. The monoisotopic (exact) mass is 294 g/mol. The minimum Gasteiger partial charge on any atom is -0.481 e. The van der Waals surface area contributed by atoms with Crippen LogP contribution in [0.25, 0.3) is 0 Å². The van der Waals surface area contributed by atoms with E-state index in [1.165, 1.54) is 32.1 Å². The summed E-state index contributed by atoms with van der Waals surface area (Å²) >= 11 is 1.11. The fraction of sp³-hybridized carbons (Fsp3) is 0.786. The standard InChI is InChI=1S/C14H18N2O3S/c17-11(18)6-20-14-16-15-13(19-14)12-9-2-7-1-8(4-9)5-10(12)3-7/h7-10,12H,1-6H2,(H,17,18). The molecule has 1 N–H and O–H groups in total. The van der Waals surface area contributed by atoms with Crippen molar-refractivity contribution in [3.63, 3.8) is 0 Å². The maximum Gasteiger partial charge on any atom is 0.314 e. The van der Waals surface area contributed by atoms with Crippen LogP contribution in [0.2, 0.25) is 0 Å². The third-order valence-electron chi connectivity index (χ3n) is 5.25. The number of carboxylic acids is 1. The third kappa shape index (κ3) is 2.14. The van der Waals surface area contributed by atoms with E-state index >= 15 is 0 Å². The van der Waals surface area contributed by atoms with E-state index in [2.05, 4.69) is 10.2 Å². The summed E-state index contributed by atoms with van der Waals surface area (Å²) in [5, 5.41) is 17.3. The molecule has 1 aromatic rings. The van der Waals surface area contributed by atoms with Gasteiger partial charge in [-0.1, -0.05) is 11.8 Å². The maximum absolute atomic E-state index is 10.6. The van der Waals surface area contributed by atoms with E-state index in [1.54, 1.807) is 0 Å². The van der Waals surface area contributed by atoms with Crippen LogP contribution in [0.5, 0.6) is 0 Å². The van der Waals surface area contributed by atoms with Gasteiger partial charge in [-0.05, 0) is 55.8 Å². The lowest BCUT2D eigenvalue weighted by Gasteiger charge is -2.53. The van der Waals surface area contributed by atoms with Crippen LogP contribution in [-0.4, -0.2) is 27.0 Å². The normalized spacial score (nSPS) is 38.3. The SMILES string of the molecule is O=C(O)CSc1nnc(C2C3CC4CC(C3)CC2C4)o1. The van der Waals surface area contributed by atoms with E-state index in [-0.39, 0.29) is 5.75 Å². The summed E-state index contributed by atoms with van der Waals surface area (Å²) < 4.78 is 5.74. The van der Waals surface area contributed by atoms with Gasteiger partial charge in [-0.15, -0.1) is 10.2 Å². The molecule has 0 atom stereocenters. The maximum atomic E-state index is 10.6. The van der Waals surface area contributed by atoms with Gasteiger partial charge in [-0.25, -0.2) is 0 Å². The summed E-state index contributed by atoms with van der Waals surface area (Å²) in [6.07, 6.45) is 6.70. The molecule has 4 saturated carbocycles. The van der Waals surface area contributed by atoms with Gasteiger partial charge >= 0.3 is 5.97 Å². The Kier molecular flexibility index (Phi) is 3.02. The molecule has 4 fully saturated rings. The zero-order valence-electron chi connectivity index (χ0n) is 11.2. The average Bonchev–Trinajstić information content (AvgIpc) is 2.83. The minimum absolute atomic E-state index is 0.0245. The first-order chi connectivity index (χ1) is 9.69. The van der Waals surface area contributed by atoms with Crippen molar-refractivity contribution in [2.75, 3.05) is 5.75 Å². The molecule has 4 aliphatic carbocycles. The van der Waals surface area contributed by atoms with Gasteiger partial charge in [0.15, 0.2) is 0 Å². The molecule has 0 radical (unpaired) electrons. The van der Waals surface area contributed by atoms with Gasteiger partial charge in [0.2, 0.25) is 5.89 Å². The molecule has 0 aromatic carbocycles. The van der Waals surface area contributed by atoms with Crippen molar-refractivity contribution in [2.24, 2.45) is 23.7 Å². The number of hydrogen-bond acceptors (Lipinski definition) is 5. The second kappa shape index (κ2) is 4.76. The van der Waals surface area contributed by atoms with Crippen molar-refractivity contribution in [3.8, 4) is 0 Å². The molecule has 5 rings (SSSR count). The Labute approximate surface area is 121 Å². The summed E-state index contributed by atoms with van der Waals surface area (Å²) in [4.78, 5) is 10.6. The quantitative estimate of drug-likeness (QED) is 0.860. The van der Waals surface area contributed by atoms with Crippen molar-refractivity contribution in [2.45, 2.75) is 43.2 Å². The van der Waals surface area contributed by atoms with E-state index in [1.807, 2.05) is 0 Å². The summed E-state index contributed by atoms with van der Waals surface area (Å²) in [6.45, 7) is 0. The molecule has 4 aliphatic rings. The summed E-state index contributed by atoms with van der Waals surface area (Å²) in [7, 11) is 0. The Bertz CT molecular complexity index is 502. The lowest BCUT2D eigenvalue weighted by molar-refractivity contribution is -0.133. The number of rotatable bonds is 4. The molecular formula is C14H18N2O3S. The zero-order valence-corrected chi connectivity index (χ0v) is 12.0. The summed E-state index contributed by atoms with van der Waals surface area (Å²) in [5.74, 6) is 3.58. The Balaban J connectivity index is 1.51. The first kappa shape index (κ1) is 12.7. The van der Waals surface area contributed by atoms with Crippen LogP contribution in [-0.2, 0) is 4.79 Å². The molecule has 4 bridgehead atoms. The smallest absolute Gasteiger partial charge is 0.314 e. The molecule has 20 heavy (non-hydrogen) atoms. The first-order valence-corrected chi connectivity index (χ1v) is 8.35. The van der Waals surface area contributed by atoms with Gasteiger partial charge in [0.1, 0.15) is 5.75 Å². The first-order valence-electron chi connectivity index (χ1n) is 7.37. The minimum atomic E-state index is -0.857. The molecule has 5 nitrogen and oxygen atoms in total. The number of carbonyl (C=O) groups is 1. The Morgan fingerprint density at radius 2 is 1.80 bits per heavy atom. The molecule has 0 aliphatic heterocycles. The molecule has 0 amide bonds. The molecule has 1 aromatic heterocycles. The molecule has 108 valence electrons. The largest absolute Gasteiger partial charge is 0.481 e. The van der Waals surface area contributed by atoms with Crippen LogP contribution in [0.15, 0.2) is 9.64 Å². The highest BCUT2D eigenvalue weighted by molar-refractivity contribution is 7.99. The highest BCUT2D eigenvalue weighted by atomic mass is 32.2. The zero-order chi connectivity index (χ0) is 13.7. The van der Waals surface area contributed by atoms with Gasteiger partial charge < -0.3 is 9.52 Å². The van der Waals surface area contributed by atoms with Crippen molar-refractivity contribution >= 4 is 17.7 Å². The molecule has 0 unspecified atom stereocenters. The van der Waals surface area contributed by atoms with E-state index in [0.717, 1.165) is 29.5 Å². The summed E-state index contributed by atoms with van der Waals surface area (Å²) in [6, 6.07) is 0. The number of carboxylic acid groups (broad SMARTS) is 1. The van der Waals surface area contributed by atoms with Crippen molar-refractivity contribution in [3.05, 3.63) is 5.89 Å². The van der Waals surface area contributed by atoms with Crippen molar-refractivity contribution in [1.29, 1.82) is 0 Å². The second-order valence-electron chi connectivity index (χ2n) is 6.55. The highest BCUT2D eigenvalue weighted by Crippen LogP contribution is 2.59. The number of aromatic nitrogens is 2. The van der Waals surface area contributed by atoms with E-state index < -0.39 is 5.97 Å². The lowest BCUT2D eigenvalue weighted by atomic mass is 9.52. The molecule has 1 heterocycles. The summed E-state index contributed by atoms with van der Waals surface area (Å²) in [5.41, 5.74) is 0. The second-order valence-corrected chi connectivity index (χ2v) is 7.47. The van der Waals surface area contributed by atoms with Gasteiger partial charge in [0.25, 0.3) is 5.22 Å².